The van der Waals surface area contributed by atoms with Crippen molar-refractivity contribution in [2.45, 2.75) is 119 Å². The Balaban J connectivity index is 1.56. The molecule has 0 bridgehead atoms. The predicted molar refractivity (Wildman–Crippen MR) is 135 cm³/mol. The van der Waals surface area contributed by atoms with E-state index in [0.717, 1.165) is 38.0 Å². The number of carbonyl (C=O) groups is 1. The van der Waals surface area contributed by atoms with E-state index in [1.54, 1.807) is 0 Å². The van der Waals surface area contributed by atoms with Crippen LogP contribution in [0.25, 0.3) is 0 Å². The zero-order valence-corrected chi connectivity index (χ0v) is 22.5. The van der Waals surface area contributed by atoms with E-state index in [4.69, 9.17) is 5.73 Å². The highest BCUT2D eigenvalue weighted by Gasteiger charge is 2.71. The molecule has 0 aromatic heterocycles. The van der Waals surface area contributed by atoms with Gasteiger partial charge in [0.1, 0.15) is 0 Å². The summed E-state index contributed by atoms with van der Waals surface area (Å²) >= 11 is 0. The minimum Gasteiger partial charge on any atom is -0.481 e. The summed E-state index contributed by atoms with van der Waals surface area (Å²) in [5.41, 5.74) is 7.40. The molecule has 3 nitrogen and oxygen atoms in total. The quantitative estimate of drug-likeness (QED) is 0.463. The molecule has 3 N–H and O–H groups in total. The Morgan fingerprint density at radius 1 is 0.818 bits per heavy atom. The first-order valence-electron chi connectivity index (χ1n) is 14.2. The lowest BCUT2D eigenvalue weighted by atomic mass is 9.32. The molecule has 0 aromatic carbocycles. The molecular formula is C30H51NO2. The van der Waals surface area contributed by atoms with E-state index in [1.165, 1.54) is 32.1 Å². The van der Waals surface area contributed by atoms with Gasteiger partial charge < -0.3 is 10.8 Å². The van der Waals surface area contributed by atoms with Gasteiger partial charge in [-0.05, 0) is 121 Å². The van der Waals surface area contributed by atoms with Gasteiger partial charge in [0.25, 0.3) is 0 Å². The van der Waals surface area contributed by atoms with Gasteiger partial charge in [-0.15, -0.1) is 0 Å². The molecule has 0 aromatic rings. The van der Waals surface area contributed by atoms with Gasteiger partial charge in [0.2, 0.25) is 0 Å². The molecular weight excluding hydrogens is 406 g/mol. The molecule has 0 heterocycles. The van der Waals surface area contributed by atoms with Crippen LogP contribution in [0, 0.1) is 62.6 Å². The summed E-state index contributed by atoms with van der Waals surface area (Å²) in [5.74, 6) is 3.06. The highest BCUT2D eigenvalue weighted by Crippen LogP contribution is 2.77. The third kappa shape index (κ3) is 2.81. The molecule has 5 rings (SSSR count). The maximum Gasteiger partial charge on any atom is 0.309 e. The fourth-order valence-electron chi connectivity index (χ4n) is 11.8. The highest BCUT2D eigenvalue weighted by molar-refractivity contribution is 5.76. The maximum absolute atomic E-state index is 12.8. The molecule has 5 aliphatic rings. The van der Waals surface area contributed by atoms with Crippen LogP contribution in [0.1, 0.15) is 113 Å². The molecule has 1 unspecified atom stereocenters. The molecule has 0 aliphatic heterocycles. The van der Waals surface area contributed by atoms with E-state index in [-0.39, 0.29) is 10.8 Å². The number of carboxylic acid groups (broad SMARTS) is 1. The van der Waals surface area contributed by atoms with E-state index < -0.39 is 11.4 Å². The zero-order valence-electron chi connectivity index (χ0n) is 22.5. The number of rotatable bonds is 2. The number of nitrogens with two attached hydrogens (primary N) is 1. The molecule has 5 fully saturated rings. The van der Waals surface area contributed by atoms with Gasteiger partial charge >= 0.3 is 5.97 Å². The molecule has 188 valence electrons. The Morgan fingerprint density at radius 3 is 2.15 bits per heavy atom. The predicted octanol–water partition coefficient (Wildman–Crippen LogP) is 7.14. The van der Waals surface area contributed by atoms with Crippen LogP contribution in [0.5, 0.6) is 0 Å². The van der Waals surface area contributed by atoms with E-state index in [1.807, 2.05) is 0 Å². The van der Waals surface area contributed by atoms with Gasteiger partial charge in [0.05, 0.1) is 5.41 Å². The average molecular weight is 458 g/mol. The molecule has 0 spiro atoms. The molecule has 3 heteroatoms. The van der Waals surface area contributed by atoms with Crippen molar-refractivity contribution < 1.29 is 9.90 Å². The fraction of sp³-hybridized carbons (Fsp3) is 0.967. The van der Waals surface area contributed by atoms with Crippen LogP contribution >= 0.6 is 0 Å². The Hall–Kier alpha value is -0.570. The van der Waals surface area contributed by atoms with Crippen LogP contribution in [0.3, 0.4) is 0 Å². The number of carboxylic acids is 1. The van der Waals surface area contributed by atoms with E-state index in [0.29, 0.717) is 46.5 Å². The second-order valence-electron chi connectivity index (χ2n) is 15.1. The first-order chi connectivity index (χ1) is 15.3. The molecule has 0 amide bonds. The summed E-state index contributed by atoms with van der Waals surface area (Å²) in [6, 6.07) is 0.322. The van der Waals surface area contributed by atoms with Gasteiger partial charge in [0, 0.05) is 6.04 Å². The van der Waals surface area contributed by atoms with Crippen molar-refractivity contribution in [1.82, 2.24) is 0 Å². The molecule has 5 saturated carbocycles. The van der Waals surface area contributed by atoms with Crippen molar-refractivity contribution in [3.8, 4) is 0 Å². The lowest BCUT2D eigenvalue weighted by molar-refractivity contribution is -0.241. The Bertz CT molecular complexity index is 820. The summed E-state index contributed by atoms with van der Waals surface area (Å²) in [5, 5.41) is 10.5. The van der Waals surface area contributed by atoms with Gasteiger partial charge in [-0.3, -0.25) is 4.79 Å². The van der Waals surface area contributed by atoms with Crippen LogP contribution < -0.4 is 5.73 Å². The fourth-order valence-corrected chi connectivity index (χ4v) is 11.8. The monoisotopic (exact) mass is 457 g/mol. The highest BCUT2D eigenvalue weighted by atomic mass is 16.4. The summed E-state index contributed by atoms with van der Waals surface area (Å²) in [6.07, 6.45) is 11.6. The molecule has 10 atom stereocenters. The van der Waals surface area contributed by atoms with Gasteiger partial charge in [-0.25, -0.2) is 0 Å². The lowest BCUT2D eigenvalue weighted by Gasteiger charge is -2.73. The minimum atomic E-state index is -0.483. The lowest BCUT2D eigenvalue weighted by Crippen LogP contribution is -2.67. The first kappa shape index (κ1) is 24.1. The van der Waals surface area contributed by atoms with Crippen LogP contribution in [0.2, 0.25) is 0 Å². The number of fused-ring (bicyclic) bond motifs is 7. The molecule has 33 heavy (non-hydrogen) atoms. The van der Waals surface area contributed by atoms with Crippen molar-refractivity contribution in [2.75, 3.05) is 0 Å². The average Bonchev–Trinajstić information content (AvgIpc) is 3.13. The largest absolute Gasteiger partial charge is 0.481 e. The summed E-state index contributed by atoms with van der Waals surface area (Å²) in [4.78, 5) is 12.8. The molecule has 5 aliphatic carbocycles. The van der Waals surface area contributed by atoms with Crippen LogP contribution in [-0.2, 0) is 4.79 Å². The first-order valence-corrected chi connectivity index (χ1v) is 14.2. The Morgan fingerprint density at radius 2 is 1.52 bits per heavy atom. The van der Waals surface area contributed by atoms with E-state index in [2.05, 4.69) is 48.5 Å². The van der Waals surface area contributed by atoms with Crippen LogP contribution in [-0.4, -0.2) is 17.1 Å². The van der Waals surface area contributed by atoms with E-state index >= 15 is 0 Å². The molecule has 0 radical (unpaired) electrons. The van der Waals surface area contributed by atoms with Crippen molar-refractivity contribution in [3.63, 3.8) is 0 Å². The minimum absolute atomic E-state index is 0.214. The number of hydrogen-bond donors (Lipinski definition) is 2. The number of hydrogen-bond acceptors (Lipinski definition) is 2. The maximum atomic E-state index is 12.8. The third-order valence-corrected chi connectivity index (χ3v) is 13.9. The van der Waals surface area contributed by atoms with Crippen molar-refractivity contribution in [2.24, 2.45) is 68.3 Å². The smallest absolute Gasteiger partial charge is 0.309 e. The van der Waals surface area contributed by atoms with Crippen molar-refractivity contribution in [3.05, 3.63) is 0 Å². The summed E-state index contributed by atoms with van der Waals surface area (Å²) < 4.78 is 0. The van der Waals surface area contributed by atoms with Crippen molar-refractivity contribution >= 4 is 5.97 Å². The van der Waals surface area contributed by atoms with Gasteiger partial charge in [-0.2, -0.15) is 0 Å². The number of aliphatic carboxylic acids is 1. The van der Waals surface area contributed by atoms with Gasteiger partial charge in [0.15, 0.2) is 0 Å². The topological polar surface area (TPSA) is 63.3 Å². The van der Waals surface area contributed by atoms with Gasteiger partial charge in [-0.1, -0.05) is 48.5 Å². The van der Waals surface area contributed by atoms with Crippen molar-refractivity contribution in [1.29, 1.82) is 0 Å². The normalized spacial score (nSPS) is 55.3. The second kappa shape index (κ2) is 7.23. The Kier molecular flexibility index (Phi) is 5.29. The molecule has 0 saturated heterocycles. The Labute approximate surface area is 203 Å². The standard InChI is InChI=1S/C30H51NO2/c1-18(2)19-10-15-30(25(32)33)17-16-28(6)20(24(19)30)8-9-22-27(5)13-12-23(31)26(3,4)21(27)11-14-29(22,28)7/h18-24H,8-17,31H2,1-7H3,(H,32,33)/t19-,20+,21-,22+,23-,24?,27-,28+,29+,30-/m0/s1. The van der Waals surface area contributed by atoms with Crippen LogP contribution in [0.4, 0.5) is 0 Å². The zero-order chi connectivity index (χ0) is 24.2. The summed E-state index contributed by atoms with van der Waals surface area (Å²) in [6.45, 7) is 17.5. The second-order valence-corrected chi connectivity index (χ2v) is 15.1. The van der Waals surface area contributed by atoms with E-state index in [9.17, 15) is 9.90 Å². The SMILES string of the molecule is CC(C)[C@@H]1CC[C@]2(C(=O)O)CC[C@]3(C)[C@H](CC[C@@H]4[C@@]5(C)CC[C@H](N)C(C)(C)[C@@H]5CC[C@]43C)C12. The summed E-state index contributed by atoms with van der Waals surface area (Å²) in [7, 11) is 0. The van der Waals surface area contributed by atoms with Crippen LogP contribution in [0.15, 0.2) is 0 Å². The third-order valence-electron chi connectivity index (χ3n) is 13.9.